The molecule has 1 unspecified atom stereocenters. The van der Waals surface area contributed by atoms with Crippen LogP contribution in [0.4, 0.5) is 0 Å². The number of aromatic nitrogens is 2. The summed E-state index contributed by atoms with van der Waals surface area (Å²) < 4.78 is 10.3. The van der Waals surface area contributed by atoms with Gasteiger partial charge in [-0.15, -0.1) is 0 Å². The number of carbonyl (C=O) groups is 1. The smallest absolute Gasteiger partial charge is 0.227 e. The summed E-state index contributed by atoms with van der Waals surface area (Å²) in [5.74, 6) is 1.93. The van der Waals surface area contributed by atoms with Crippen LogP contribution in [0.15, 0.2) is 28.8 Å². The molecule has 1 amide bonds. The van der Waals surface area contributed by atoms with E-state index in [0.29, 0.717) is 37.6 Å². The van der Waals surface area contributed by atoms with Crippen molar-refractivity contribution in [2.75, 3.05) is 20.2 Å². The van der Waals surface area contributed by atoms with Gasteiger partial charge in [0.2, 0.25) is 17.6 Å². The van der Waals surface area contributed by atoms with Crippen molar-refractivity contribution in [3.8, 4) is 17.1 Å². The van der Waals surface area contributed by atoms with Crippen LogP contribution in [0.5, 0.6) is 5.75 Å². The molecule has 7 nitrogen and oxygen atoms in total. The maximum atomic E-state index is 11.7. The van der Waals surface area contributed by atoms with E-state index in [9.17, 15) is 4.79 Å². The zero-order valence-corrected chi connectivity index (χ0v) is 13.4. The van der Waals surface area contributed by atoms with Gasteiger partial charge in [-0.05, 0) is 36.7 Å². The minimum absolute atomic E-state index is 0.0468. The van der Waals surface area contributed by atoms with Crippen molar-refractivity contribution in [1.29, 1.82) is 0 Å². The first-order chi connectivity index (χ1) is 11.1. The Morgan fingerprint density at radius 3 is 2.78 bits per heavy atom. The van der Waals surface area contributed by atoms with Crippen LogP contribution in [0.25, 0.3) is 11.4 Å². The highest BCUT2D eigenvalue weighted by atomic mass is 16.5. The van der Waals surface area contributed by atoms with E-state index in [0.717, 1.165) is 11.3 Å². The van der Waals surface area contributed by atoms with Crippen molar-refractivity contribution < 1.29 is 14.1 Å². The third-order valence-corrected chi connectivity index (χ3v) is 3.43. The van der Waals surface area contributed by atoms with Crippen molar-refractivity contribution in [2.24, 2.45) is 11.7 Å². The molecule has 2 rings (SSSR count). The summed E-state index contributed by atoms with van der Waals surface area (Å²) in [6, 6.07) is 7.37. The number of nitrogens with two attached hydrogens (primary N) is 1. The number of hydrogen-bond acceptors (Lipinski definition) is 6. The molecule has 0 aliphatic heterocycles. The largest absolute Gasteiger partial charge is 0.497 e. The van der Waals surface area contributed by atoms with Crippen molar-refractivity contribution in [2.45, 2.75) is 19.8 Å². The third kappa shape index (κ3) is 5.07. The number of amides is 1. The number of aryl methyl sites for hydroxylation is 1. The monoisotopic (exact) mass is 318 g/mol. The summed E-state index contributed by atoms with van der Waals surface area (Å²) in [5.41, 5.74) is 6.34. The van der Waals surface area contributed by atoms with Crippen LogP contribution in [0.2, 0.25) is 0 Å². The number of methoxy groups -OCH3 is 1. The molecule has 2 aromatic rings. The number of nitrogens with zero attached hydrogens (tertiary/aromatic N) is 2. The van der Waals surface area contributed by atoms with E-state index in [-0.39, 0.29) is 11.8 Å². The fourth-order valence-corrected chi connectivity index (χ4v) is 1.89. The van der Waals surface area contributed by atoms with Gasteiger partial charge in [-0.1, -0.05) is 12.1 Å². The Bertz CT molecular complexity index is 625. The number of hydrogen-bond donors (Lipinski definition) is 2. The zero-order chi connectivity index (χ0) is 16.7. The second kappa shape index (κ2) is 8.28. The van der Waals surface area contributed by atoms with Crippen LogP contribution in [0, 0.1) is 5.92 Å². The molecule has 23 heavy (non-hydrogen) atoms. The highest BCUT2D eigenvalue weighted by molar-refractivity contribution is 5.76. The predicted octanol–water partition coefficient (Wildman–Crippen LogP) is 1.39. The minimum atomic E-state index is -0.0468. The fraction of sp³-hybridized carbons (Fsp3) is 0.438. The first-order valence-electron chi connectivity index (χ1n) is 7.56. The van der Waals surface area contributed by atoms with Gasteiger partial charge < -0.3 is 20.3 Å². The van der Waals surface area contributed by atoms with Gasteiger partial charge >= 0.3 is 0 Å². The molecule has 0 fully saturated rings. The Hall–Kier alpha value is -2.41. The lowest BCUT2D eigenvalue weighted by Gasteiger charge is -2.09. The Morgan fingerprint density at radius 1 is 1.39 bits per heavy atom. The molecule has 7 heteroatoms. The van der Waals surface area contributed by atoms with E-state index in [4.69, 9.17) is 15.0 Å². The average molecular weight is 318 g/mol. The van der Waals surface area contributed by atoms with E-state index in [2.05, 4.69) is 15.5 Å². The molecule has 0 saturated heterocycles. The molecular formula is C16H22N4O3. The normalized spacial score (nSPS) is 12.0. The molecule has 3 N–H and O–H groups in total. The Labute approximate surface area is 135 Å². The molecule has 0 spiro atoms. The summed E-state index contributed by atoms with van der Waals surface area (Å²) in [6.45, 7) is 3.12. The van der Waals surface area contributed by atoms with Gasteiger partial charge in [-0.3, -0.25) is 4.79 Å². The van der Waals surface area contributed by atoms with Gasteiger partial charge in [0.05, 0.1) is 7.11 Å². The maximum absolute atomic E-state index is 11.7. The number of ether oxygens (including phenoxy) is 1. The molecule has 0 aliphatic rings. The van der Waals surface area contributed by atoms with Gasteiger partial charge in [0.1, 0.15) is 5.75 Å². The quantitative estimate of drug-likeness (QED) is 0.762. The number of carbonyl (C=O) groups excluding carboxylic acids is 1. The van der Waals surface area contributed by atoms with Gasteiger partial charge in [-0.2, -0.15) is 4.98 Å². The van der Waals surface area contributed by atoms with E-state index in [1.54, 1.807) is 7.11 Å². The second-order valence-corrected chi connectivity index (χ2v) is 5.39. The summed E-state index contributed by atoms with van der Waals surface area (Å²) in [7, 11) is 1.61. The number of rotatable bonds is 8. The minimum Gasteiger partial charge on any atom is -0.497 e. The van der Waals surface area contributed by atoms with E-state index < -0.39 is 0 Å². The summed E-state index contributed by atoms with van der Waals surface area (Å²) in [5, 5.41) is 6.76. The summed E-state index contributed by atoms with van der Waals surface area (Å²) in [6.07, 6.45) is 0.716. The Balaban J connectivity index is 1.85. The third-order valence-electron chi connectivity index (χ3n) is 3.43. The maximum Gasteiger partial charge on any atom is 0.227 e. The van der Waals surface area contributed by atoms with Crippen molar-refractivity contribution >= 4 is 5.91 Å². The molecule has 0 radical (unpaired) electrons. The number of nitrogens with one attached hydrogen (secondary N) is 1. The van der Waals surface area contributed by atoms with Crippen LogP contribution < -0.4 is 15.8 Å². The highest BCUT2D eigenvalue weighted by Crippen LogP contribution is 2.19. The Morgan fingerprint density at radius 2 is 2.13 bits per heavy atom. The van der Waals surface area contributed by atoms with Crippen molar-refractivity contribution in [1.82, 2.24) is 15.5 Å². The summed E-state index contributed by atoms with van der Waals surface area (Å²) >= 11 is 0. The lowest BCUT2D eigenvalue weighted by molar-refractivity contribution is -0.121. The van der Waals surface area contributed by atoms with Crippen LogP contribution >= 0.6 is 0 Å². The topological polar surface area (TPSA) is 103 Å². The van der Waals surface area contributed by atoms with Crippen molar-refractivity contribution in [3.63, 3.8) is 0 Å². The molecule has 1 heterocycles. The number of benzene rings is 1. The van der Waals surface area contributed by atoms with Crippen LogP contribution in [-0.2, 0) is 11.2 Å². The standard InChI is InChI=1S/C16H22N4O3/c1-11(9-17)10-18-14(21)7-8-15-19-16(20-23-15)12-3-5-13(22-2)6-4-12/h3-6,11H,7-10,17H2,1-2H3,(H,18,21). The first kappa shape index (κ1) is 17.0. The fourth-order valence-electron chi connectivity index (χ4n) is 1.89. The second-order valence-electron chi connectivity index (χ2n) is 5.39. The van der Waals surface area contributed by atoms with Crippen molar-refractivity contribution in [3.05, 3.63) is 30.2 Å². The average Bonchev–Trinajstić information content (AvgIpc) is 3.06. The molecule has 0 aliphatic carbocycles. The molecule has 0 bridgehead atoms. The molecule has 0 saturated carbocycles. The van der Waals surface area contributed by atoms with E-state index in [1.807, 2.05) is 31.2 Å². The van der Waals surface area contributed by atoms with Gasteiger partial charge in [0, 0.05) is 24.9 Å². The molecule has 124 valence electrons. The molecule has 1 aromatic carbocycles. The van der Waals surface area contributed by atoms with Gasteiger partial charge in [0.15, 0.2) is 0 Å². The van der Waals surface area contributed by atoms with E-state index in [1.165, 1.54) is 0 Å². The lowest BCUT2D eigenvalue weighted by atomic mass is 10.2. The van der Waals surface area contributed by atoms with Crippen LogP contribution in [-0.4, -0.2) is 36.2 Å². The predicted molar refractivity (Wildman–Crippen MR) is 85.8 cm³/mol. The van der Waals surface area contributed by atoms with Crippen LogP contribution in [0.3, 0.4) is 0 Å². The summed E-state index contributed by atoms with van der Waals surface area (Å²) in [4.78, 5) is 16.0. The molecule has 1 atom stereocenters. The van der Waals surface area contributed by atoms with E-state index >= 15 is 0 Å². The molecular weight excluding hydrogens is 296 g/mol. The molecule has 1 aromatic heterocycles. The first-order valence-corrected chi connectivity index (χ1v) is 7.56. The lowest BCUT2D eigenvalue weighted by Crippen LogP contribution is -2.31. The van der Waals surface area contributed by atoms with Crippen LogP contribution in [0.1, 0.15) is 19.2 Å². The zero-order valence-electron chi connectivity index (χ0n) is 13.4. The Kier molecular flexibility index (Phi) is 6.10. The van der Waals surface area contributed by atoms with Gasteiger partial charge in [0.25, 0.3) is 0 Å². The van der Waals surface area contributed by atoms with Gasteiger partial charge in [-0.25, -0.2) is 0 Å². The highest BCUT2D eigenvalue weighted by Gasteiger charge is 2.11. The SMILES string of the molecule is COc1ccc(-c2noc(CCC(=O)NCC(C)CN)n2)cc1.